The molecule has 34 heavy (non-hydrogen) atoms. The second-order valence-electron chi connectivity index (χ2n) is 7.12. The SMILES string of the molecule is O=C(NC(CF)c1ccc(F)cc1)c1ccc(I)cc1N(c1cccc2nccnc12)S(=O)O. The normalized spacial score (nSPS) is 12.8. The average Bonchev–Trinajstić information content (AvgIpc) is 2.83. The van der Waals surface area contributed by atoms with Crippen LogP contribution in [0.25, 0.3) is 11.0 Å². The van der Waals surface area contributed by atoms with Crippen LogP contribution in [0.4, 0.5) is 20.2 Å². The number of rotatable bonds is 7. The first kappa shape index (κ1) is 24.1. The summed E-state index contributed by atoms with van der Waals surface area (Å²) in [4.78, 5) is 21.7. The second kappa shape index (κ2) is 10.5. The zero-order chi connectivity index (χ0) is 24.2. The summed E-state index contributed by atoms with van der Waals surface area (Å²) in [6.07, 6.45) is 2.96. The van der Waals surface area contributed by atoms with Crippen molar-refractivity contribution in [1.82, 2.24) is 15.3 Å². The van der Waals surface area contributed by atoms with Gasteiger partial charge >= 0.3 is 0 Å². The number of hydrogen-bond donors (Lipinski definition) is 2. The van der Waals surface area contributed by atoms with Crippen LogP contribution >= 0.6 is 22.6 Å². The molecule has 1 heterocycles. The molecule has 0 fully saturated rings. The van der Waals surface area contributed by atoms with Crippen molar-refractivity contribution in [3.63, 3.8) is 0 Å². The third-order valence-electron chi connectivity index (χ3n) is 5.01. The lowest BCUT2D eigenvalue weighted by Crippen LogP contribution is -2.32. The number of amides is 1. The molecule has 174 valence electrons. The van der Waals surface area contributed by atoms with Crippen LogP contribution in [-0.4, -0.2) is 31.3 Å². The van der Waals surface area contributed by atoms with Crippen LogP contribution in [0, 0.1) is 9.39 Å². The van der Waals surface area contributed by atoms with E-state index in [9.17, 15) is 22.3 Å². The van der Waals surface area contributed by atoms with Crippen LogP contribution in [0.3, 0.4) is 0 Å². The van der Waals surface area contributed by atoms with Gasteiger partial charge < -0.3 is 5.32 Å². The Bertz CT molecular complexity index is 1370. The topological polar surface area (TPSA) is 95.4 Å². The molecule has 0 aliphatic rings. The second-order valence-corrected chi connectivity index (χ2v) is 9.19. The van der Waals surface area contributed by atoms with Gasteiger partial charge in [0, 0.05) is 16.0 Å². The molecule has 4 aromatic rings. The van der Waals surface area contributed by atoms with Crippen LogP contribution in [0.5, 0.6) is 0 Å². The minimum atomic E-state index is -2.58. The van der Waals surface area contributed by atoms with Gasteiger partial charge in [0.05, 0.1) is 28.5 Å². The molecule has 0 radical (unpaired) electrons. The highest BCUT2D eigenvalue weighted by molar-refractivity contribution is 14.1. The van der Waals surface area contributed by atoms with Crippen LogP contribution in [-0.2, 0) is 11.3 Å². The smallest absolute Gasteiger partial charge is 0.266 e. The van der Waals surface area contributed by atoms with Gasteiger partial charge in [0.1, 0.15) is 18.0 Å². The molecule has 4 rings (SSSR count). The number of hydrogen-bond acceptors (Lipinski definition) is 4. The predicted molar refractivity (Wildman–Crippen MR) is 134 cm³/mol. The van der Waals surface area contributed by atoms with Crippen LogP contribution in [0.2, 0.25) is 0 Å². The molecule has 0 bridgehead atoms. The highest BCUT2D eigenvalue weighted by atomic mass is 127. The van der Waals surface area contributed by atoms with E-state index in [0.717, 1.165) is 4.31 Å². The Hall–Kier alpha value is -3.03. The van der Waals surface area contributed by atoms with Gasteiger partial charge in [-0.1, -0.05) is 18.2 Å². The van der Waals surface area contributed by atoms with Crippen molar-refractivity contribution in [3.8, 4) is 0 Å². The lowest BCUT2D eigenvalue weighted by molar-refractivity contribution is 0.0930. The van der Waals surface area contributed by atoms with E-state index >= 15 is 0 Å². The summed E-state index contributed by atoms with van der Waals surface area (Å²) in [6, 6.07) is 13.8. The lowest BCUT2D eigenvalue weighted by atomic mass is 10.1. The maximum Gasteiger partial charge on any atom is 0.266 e. The zero-order valence-corrected chi connectivity index (χ0v) is 20.3. The zero-order valence-electron chi connectivity index (χ0n) is 17.4. The van der Waals surface area contributed by atoms with E-state index in [2.05, 4.69) is 15.3 Å². The summed E-state index contributed by atoms with van der Waals surface area (Å²) in [5.74, 6) is -1.15. The van der Waals surface area contributed by atoms with Gasteiger partial charge in [-0.2, -0.15) is 0 Å². The molecule has 11 heteroatoms. The van der Waals surface area contributed by atoms with Gasteiger partial charge in [0.15, 0.2) is 0 Å². The van der Waals surface area contributed by atoms with Crippen molar-refractivity contribution >= 4 is 62.2 Å². The molecule has 1 amide bonds. The fraction of sp³-hybridized carbons (Fsp3) is 0.0870. The van der Waals surface area contributed by atoms with Gasteiger partial charge in [-0.3, -0.25) is 19.3 Å². The third kappa shape index (κ3) is 5.05. The first-order chi connectivity index (χ1) is 16.4. The van der Waals surface area contributed by atoms with Gasteiger partial charge in [-0.05, 0) is 70.6 Å². The first-order valence-corrected chi connectivity index (χ1v) is 12.1. The number of para-hydroxylation sites is 1. The minimum Gasteiger partial charge on any atom is -0.343 e. The van der Waals surface area contributed by atoms with Crippen molar-refractivity contribution in [2.24, 2.45) is 0 Å². The minimum absolute atomic E-state index is 0.0456. The molecule has 7 nitrogen and oxygen atoms in total. The summed E-state index contributed by atoms with van der Waals surface area (Å²) in [5.41, 5.74) is 1.69. The Balaban J connectivity index is 1.78. The van der Waals surface area contributed by atoms with Gasteiger partial charge in [-0.25, -0.2) is 17.3 Å². The van der Waals surface area contributed by atoms with Crippen LogP contribution in [0.15, 0.2) is 73.1 Å². The van der Waals surface area contributed by atoms with E-state index in [1.807, 2.05) is 22.6 Å². The number of aromatic nitrogens is 2. The highest BCUT2D eigenvalue weighted by Crippen LogP contribution is 2.35. The molecule has 0 aliphatic carbocycles. The fourth-order valence-corrected chi connectivity index (χ4v) is 4.56. The van der Waals surface area contributed by atoms with Crippen molar-refractivity contribution < 1.29 is 22.3 Å². The van der Waals surface area contributed by atoms with Crippen molar-refractivity contribution in [1.29, 1.82) is 0 Å². The average molecular weight is 594 g/mol. The Kier molecular flexibility index (Phi) is 7.44. The summed E-state index contributed by atoms with van der Waals surface area (Å²) in [6.45, 7) is -0.925. The number of alkyl halides is 1. The number of carbonyl (C=O) groups is 1. The molecule has 2 unspecified atom stereocenters. The molecular weight excluding hydrogens is 577 g/mol. The molecule has 0 saturated heterocycles. The largest absolute Gasteiger partial charge is 0.343 e. The lowest BCUT2D eigenvalue weighted by Gasteiger charge is -2.24. The number of halogens is 3. The summed E-state index contributed by atoms with van der Waals surface area (Å²) >= 11 is -0.561. The molecule has 2 N–H and O–H groups in total. The summed E-state index contributed by atoms with van der Waals surface area (Å²) in [7, 11) is 0. The third-order valence-corrected chi connectivity index (χ3v) is 6.38. The Labute approximate surface area is 209 Å². The number of benzene rings is 3. The number of carbonyl (C=O) groups excluding carboxylic acids is 1. The van der Waals surface area contributed by atoms with E-state index < -0.39 is 35.7 Å². The maximum atomic E-state index is 13.8. The summed E-state index contributed by atoms with van der Waals surface area (Å²) < 4.78 is 51.6. The highest BCUT2D eigenvalue weighted by Gasteiger charge is 2.26. The van der Waals surface area contributed by atoms with Crippen LogP contribution < -0.4 is 9.62 Å². The number of fused-ring (bicyclic) bond motifs is 1. The monoisotopic (exact) mass is 594 g/mol. The van der Waals surface area contributed by atoms with Gasteiger partial charge in [0.25, 0.3) is 17.2 Å². The first-order valence-electron chi connectivity index (χ1n) is 9.91. The summed E-state index contributed by atoms with van der Waals surface area (Å²) in [5, 5.41) is 2.59. The molecule has 0 saturated carbocycles. The standard InChI is InChI=1S/C23H17F2IN4O3S/c24-13-19(14-4-6-15(25)7-5-14)29-23(31)17-9-8-16(26)12-21(17)30(34(32)33)20-3-1-2-18-22(20)28-11-10-27-18/h1-12,19H,13H2,(H,29,31)(H,32,33). The van der Waals surface area contributed by atoms with Crippen molar-refractivity contribution in [2.45, 2.75) is 6.04 Å². The molecule has 2 atom stereocenters. The number of nitrogens with one attached hydrogen (secondary N) is 1. The molecule has 0 spiro atoms. The van der Waals surface area contributed by atoms with E-state index in [1.54, 1.807) is 30.3 Å². The quantitative estimate of drug-likeness (QED) is 0.230. The molecule has 0 aliphatic heterocycles. The molecular formula is C23H17F2IN4O3S. The van der Waals surface area contributed by atoms with Crippen molar-refractivity contribution in [2.75, 3.05) is 11.0 Å². The van der Waals surface area contributed by atoms with E-state index in [-0.39, 0.29) is 16.9 Å². The number of anilines is 2. The number of nitrogens with zero attached hydrogens (tertiary/aromatic N) is 3. The molecule has 3 aromatic carbocycles. The Morgan fingerprint density at radius 3 is 2.53 bits per heavy atom. The predicted octanol–water partition coefficient (Wildman–Crippen LogP) is 5.09. The fourth-order valence-electron chi connectivity index (χ4n) is 3.45. The van der Waals surface area contributed by atoms with Crippen LogP contribution in [0.1, 0.15) is 22.0 Å². The van der Waals surface area contributed by atoms with E-state index in [0.29, 0.717) is 20.2 Å². The Morgan fingerprint density at radius 1 is 1.09 bits per heavy atom. The maximum absolute atomic E-state index is 13.8. The molecule has 1 aromatic heterocycles. The van der Waals surface area contributed by atoms with E-state index in [1.165, 1.54) is 42.7 Å². The van der Waals surface area contributed by atoms with Crippen molar-refractivity contribution in [3.05, 3.63) is 93.6 Å². The van der Waals surface area contributed by atoms with Gasteiger partial charge in [-0.15, -0.1) is 0 Å². The Morgan fingerprint density at radius 2 is 1.82 bits per heavy atom. The van der Waals surface area contributed by atoms with E-state index in [4.69, 9.17) is 0 Å². The van der Waals surface area contributed by atoms with Gasteiger partial charge in [0.2, 0.25) is 0 Å².